The Bertz CT molecular complexity index is 577. The lowest BCUT2D eigenvalue weighted by Gasteiger charge is -2.19. The smallest absolute Gasteiger partial charge is 0.242 e. The number of rotatable bonds is 6. The monoisotopic (exact) mass is 320 g/mol. The third-order valence-corrected chi connectivity index (χ3v) is 4.71. The first kappa shape index (κ1) is 15.4. The second-order valence-electron chi connectivity index (χ2n) is 4.28. The van der Waals surface area contributed by atoms with Gasteiger partial charge in [0.05, 0.1) is 5.02 Å². The molecule has 1 aromatic carbocycles. The van der Waals surface area contributed by atoms with Crippen LogP contribution < -0.4 is 19.5 Å². The molecule has 0 saturated heterocycles. The summed E-state index contributed by atoms with van der Waals surface area (Å²) in [6.45, 7) is 1.90. The number of hydrogen-bond acceptors (Lipinski definition) is 5. The third kappa shape index (κ3) is 3.54. The highest BCUT2D eigenvalue weighted by molar-refractivity contribution is 7.89. The third-order valence-electron chi connectivity index (χ3n) is 2.78. The summed E-state index contributed by atoms with van der Waals surface area (Å²) < 4.78 is 37.6. The molecule has 8 heteroatoms. The van der Waals surface area contributed by atoms with Crippen molar-refractivity contribution in [3.8, 4) is 11.5 Å². The van der Waals surface area contributed by atoms with E-state index in [1.807, 2.05) is 7.05 Å². The van der Waals surface area contributed by atoms with Gasteiger partial charge in [-0.15, -0.1) is 0 Å². The van der Waals surface area contributed by atoms with E-state index in [0.717, 1.165) is 6.54 Å². The second kappa shape index (κ2) is 6.62. The number of nitrogens with one attached hydrogen (secondary N) is 2. The molecule has 1 aromatic rings. The predicted molar refractivity (Wildman–Crippen MR) is 76.2 cm³/mol. The van der Waals surface area contributed by atoms with Gasteiger partial charge in [-0.1, -0.05) is 11.6 Å². The van der Waals surface area contributed by atoms with Crippen LogP contribution in [0.15, 0.2) is 17.0 Å². The molecule has 1 heterocycles. The van der Waals surface area contributed by atoms with Crippen molar-refractivity contribution in [2.45, 2.75) is 11.3 Å². The van der Waals surface area contributed by atoms with Crippen LogP contribution >= 0.6 is 11.6 Å². The Labute approximate surface area is 123 Å². The zero-order valence-corrected chi connectivity index (χ0v) is 12.7. The van der Waals surface area contributed by atoms with E-state index in [1.165, 1.54) is 12.1 Å². The molecule has 2 rings (SSSR count). The predicted octanol–water partition coefficient (Wildman–Crippen LogP) is 0.999. The fraction of sp³-hybridized carbons (Fsp3) is 0.500. The molecular formula is C12H17ClN2O4S. The van der Waals surface area contributed by atoms with Crippen molar-refractivity contribution in [1.82, 2.24) is 10.0 Å². The zero-order valence-electron chi connectivity index (χ0n) is 11.1. The van der Waals surface area contributed by atoms with Gasteiger partial charge in [-0.05, 0) is 20.0 Å². The molecule has 6 nitrogen and oxygen atoms in total. The molecule has 0 aliphatic carbocycles. The van der Waals surface area contributed by atoms with Crippen LogP contribution in [0, 0.1) is 0 Å². The molecule has 0 unspecified atom stereocenters. The van der Waals surface area contributed by atoms with E-state index in [1.54, 1.807) is 0 Å². The van der Waals surface area contributed by atoms with E-state index in [0.29, 0.717) is 37.7 Å². The van der Waals surface area contributed by atoms with Gasteiger partial charge in [-0.2, -0.15) is 0 Å². The lowest BCUT2D eigenvalue weighted by Crippen LogP contribution is -2.27. The van der Waals surface area contributed by atoms with Crippen LogP contribution in [0.1, 0.15) is 6.42 Å². The number of sulfonamides is 1. The highest BCUT2D eigenvalue weighted by Gasteiger charge is 2.22. The normalized spacial score (nSPS) is 14.3. The standard InChI is InChI=1S/C12H17ClN2O4S/c1-14-3-2-4-15-20(16,17)12-8-11-10(7-9(12)13)18-5-6-19-11/h7-8,14-15H,2-6H2,1H3. The maximum absolute atomic E-state index is 12.2. The van der Waals surface area contributed by atoms with Crippen LogP contribution in [0.25, 0.3) is 0 Å². The zero-order chi connectivity index (χ0) is 14.6. The van der Waals surface area contributed by atoms with E-state index in [4.69, 9.17) is 21.1 Å². The van der Waals surface area contributed by atoms with E-state index >= 15 is 0 Å². The minimum atomic E-state index is -3.65. The Morgan fingerprint density at radius 2 is 1.85 bits per heavy atom. The molecule has 0 fully saturated rings. The number of benzene rings is 1. The van der Waals surface area contributed by atoms with Crippen LogP contribution in [-0.4, -0.2) is 41.8 Å². The summed E-state index contributed by atoms with van der Waals surface area (Å²) in [4.78, 5) is 0.00729. The highest BCUT2D eigenvalue weighted by atomic mass is 35.5. The molecule has 0 radical (unpaired) electrons. The van der Waals surface area contributed by atoms with E-state index < -0.39 is 10.0 Å². The van der Waals surface area contributed by atoms with Gasteiger partial charge in [0.15, 0.2) is 11.5 Å². The molecule has 0 saturated carbocycles. The van der Waals surface area contributed by atoms with Gasteiger partial charge in [0.25, 0.3) is 0 Å². The largest absolute Gasteiger partial charge is 0.486 e. The van der Waals surface area contributed by atoms with Crippen molar-refractivity contribution in [2.24, 2.45) is 0 Å². The minimum Gasteiger partial charge on any atom is -0.486 e. The molecule has 1 aliphatic rings. The molecular weight excluding hydrogens is 304 g/mol. The minimum absolute atomic E-state index is 0.00729. The summed E-state index contributed by atoms with van der Waals surface area (Å²) in [7, 11) is -1.84. The van der Waals surface area contributed by atoms with E-state index in [9.17, 15) is 8.42 Å². The molecule has 2 N–H and O–H groups in total. The van der Waals surface area contributed by atoms with Crippen molar-refractivity contribution in [1.29, 1.82) is 0 Å². The summed E-state index contributed by atoms with van der Waals surface area (Å²) in [6.07, 6.45) is 0.692. The number of fused-ring (bicyclic) bond motifs is 1. The Hall–Kier alpha value is -1.02. The van der Waals surface area contributed by atoms with Gasteiger partial charge in [0.2, 0.25) is 10.0 Å². The highest BCUT2D eigenvalue weighted by Crippen LogP contribution is 2.37. The fourth-order valence-corrected chi connectivity index (χ4v) is 3.41. The summed E-state index contributed by atoms with van der Waals surface area (Å²) >= 11 is 6.02. The average molecular weight is 321 g/mol. The molecule has 0 atom stereocenters. The number of ether oxygens (including phenoxy) is 2. The number of hydrogen-bond donors (Lipinski definition) is 2. The van der Waals surface area contributed by atoms with Crippen LogP contribution in [0.3, 0.4) is 0 Å². The van der Waals surface area contributed by atoms with Crippen molar-refractivity contribution >= 4 is 21.6 Å². The Balaban J connectivity index is 2.18. The van der Waals surface area contributed by atoms with E-state index in [2.05, 4.69) is 10.0 Å². The van der Waals surface area contributed by atoms with Gasteiger partial charge in [0, 0.05) is 18.7 Å². The molecule has 20 heavy (non-hydrogen) atoms. The quantitative estimate of drug-likeness (QED) is 0.765. The Kier molecular flexibility index (Phi) is 5.09. The molecule has 112 valence electrons. The molecule has 1 aliphatic heterocycles. The lowest BCUT2D eigenvalue weighted by atomic mass is 10.3. The van der Waals surface area contributed by atoms with Crippen LogP contribution in [0.4, 0.5) is 0 Å². The average Bonchev–Trinajstić information content (AvgIpc) is 2.43. The van der Waals surface area contributed by atoms with Gasteiger partial charge in [-0.3, -0.25) is 0 Å². The Morgan fingerprint density at radius 3 is 2.50 bits per heavy atom. The molecule has 0 aromatic heterocycles. The van der Waals surface area contributed by atoms with Crippen molar-refractivity contribution < 1.29 is 17.9 Å². The first-order valence-electron chi connectivity index (χ1n) is 6.28. The van der Waals surface area contributed by atoms with Gasteiger partial charge < -0.3 is 14.8 Å². The molecule has 0 amide bonds. The molecule has 0 spiro atoms. The molecule has 0 bridgehead atoms. The van der Waals surface area contributed by atoms with Crippen molar-refractivity contribution in [3.63, 3.8) is 0 Å². The van der Waals surface area contributed by atoms with Crippen LogP contribution in [0.2, 0.25) is 5.02 Å². The fourth-order valence-electron chi connectivity index (χ4n) is 1.80. The van der Waals surface area contributed by atoms with Gasteiger partial charge in [-0.25, -0.2) is 13.1 Å². The van der Waals surface area contributed by atoms with Crippen LogP contribution in [0.5, 0.6) is 11.5 Å². The summed E-state index contributed by atoms with van der Waals surface area (Å²) in [5.74, 6) is 0.867. The van der Waals surface area contributed by atoms with Crippen molar-refractivity contribution in [2.75, 3.05) is 33.4 Å². The van der Waals surface area contributed by atoms with Crippen molar-refractivity contribution in [3.05, 3.63) is 17.2 Å². The van der Waals surface area contributed by atoms with Crippen LogP contribution in [-0.2, 0) is 10.0 Å². The Morgan fingerprint density at radius 1 is 1.20 bits per heavy atom. The van der Waals surface area contributed by atoms with Gasteiger partial charge in [0.1, 0.15) is 18.1 Å². The summed E-state index contributed by atoms with van der Waals surface area (Å²) in [6, 6.07) is 2.87. The second-order valence-corrected chi connectivity index (χ2v) is 6.42. The maximum atomic E-state index is 12.2. The maximum Gasteiger partial charge on any atom is 0.242 e. The van der Waals surface area contributed by atoms with Gasteiger partial charge >= 0.3 is 0 Å². The van der Waals surface area contributed by atoms with E-state index in [-0.39, 0.29) is 9.92 Å². The SMILES string of the molecule is CNCCCNS(=O)(=O)c1cc2c(cc1Cl)OCCO2. The lowest BCUT2D eigenvalue weighted by molar-refractivity contribution is 0.171. The summed E-state index contributed by atoms with van der Waals surface area (Å²) in [5.41, 5.74) is 0. The summed E-state index contributed by atoms with van der Waals surface area (Å²) in [5, 5.41) is 3.07. The number of halogens is 1. The first-order chi connectivity index (χ1) is 9.54. The topological polar surface area (TPSA) is 76.7 Å². The first-order valence-corrected chi connectivity index (χ1v) is 8.14.